The van der Waals surface area contributed by atoms with Crippen LogP contribution >= 0.6 is 0 Å². The van der Waals surface area contributed by atoms with E-state index in [2.05, 4.69) is 73.3 Å². The molecule has 0 aromatic heterocycles. The van der Waals surface area contributed by atoms with Gasteiger partial charge in [-0.1, -0.05) is 74.5 Å². The van der Waals surface area contributed by atoms with Crippen molar-refractivity contribution in [1.82, 2.24) is 4.90 Å². The van der Waals surface area contributed by atoms with Crippen LogP contribution in [-0.2, 0) is 13.1 Å². The molecule has 2 heteroatoms. The third kappa shape index (κ3) is 4.72. The maximum atomic E-state index is 9.19. The molecule has 1 atom stereocenters. The molecule has 22 heavy (non-hydrogen) atoms. The number of hydrogen-bond acceptors (Lipinski definition) is 2. The van der Waals surface area contributed by atoms with Crippen molar-refractivity contribution in [3.05, 3.63) is 71.8 Å². The Morgan fingerprint density at radius 3 is 1.68 bits per heavy atom. The Morgan fingerprint density at radius 2 is 1.32 bits per heavy atom. The highest BCUT2D eigenvalue weighted by atomic mass is 15.2. The SMILES string of the molecule is CC(C)[C@@H](CC#N)N(Cc1ccccc1)Cc1ccccc1. The van der Waals surface area contributed by atoms with Crippen LogP contribution in [0.4, 0.5) is 0 Å². The van der Waals surface area contributed by atoms with Gasteiger partial charge < -0.3 is 0 Å². The van der Waals surface area contributed by atoms with E-state index in [1.807, 2.05) is 12.1 Å². The van der Waals surface area contributed by atoms with Crippen LogP contribution in [0.25, 0.3) is 0 Å². The Balaban J connectivity index is 2.21. The van der Waals surface area contributed by atoms with E-state index in [1.165, 1.54) is 11.1 Å². The molecule has 2 aromatic rings. The van der Waals surface area contributed by atoms with E-state index >= 15 is 0 Å². The van der Waals surface area contributed by atoms with E-state index in [-0.39, 0.29) is 6.04 Å². The molecule has 0 radical (unpaired) electrons. The Morgan fingerprint density at radius 1 is 0.864 bits per heavy atom. The van der Waals surface area contributed by atoms with Crippen LogP contribution < -0.4 is 0 Å². The van der Waals surface area contributed by atoms with E-state index in [1.54, 1.807) is 0 Å². The third-order valence-corrected chi connectivity index (χ3v) is 4.00. The van der Waals surface area contributed by atoms with Crippen LogP contribution in [0, 0.1) is 17.2 Å². The molecule has 0 unspecified atom stereocenters. The molecule has 2 nitrogen and oxygen atoms in total. The lowest BCUT2D eigenvalue weighted by Crippen LogP contribution is -2.37. The monoisotopic (exact) mass is 292 g/mol. The van der Waals surface area contributed by atoms with Gasteiger partial charge in [0.1, 0.15) is 0 Å². The molecule has 0 aliphatic heterocycles. The second-order valence-corrected chi connectivity index (χ2v) is 6.05. The van der Waals surface area contributed by atoms with E-state index in [0.717, 1.165) is 13.1 Å². The van der Waals surface area contributed by atoms with Crippen molar-refractivity contribution in [1.29, 1.82) is 5.26 Å². The lowest BCUT2D eigenvalue weighted by atomic mass is 9.98. The molecule has 2 rings (SSSR count). The molecule has 0 N–H and O–H groups in total. The fraction of sp³-hybridized carbons (Fsp3) is 0.350. The van der Waals surface area contributed by atoms with Crippen LogP contribution in [0.3, 0.4) is 0 Å². The fourth-order valence-electron chi connectivity index (χ4n) is 2.81. The molecule has 0 aliphatic carbocycles. The summed E-state index contributed by atoms with van der Waals surface area (Å²) in [5.41, 5.74) is 2.59. The Hall–Kier alpha value is -2.11. The van der Waals surface area contributed by atoms with E-state index in [4.69, 9.17) is 0 Å². The molecule has 0 saturated heterocycles. The minimum Gasteiger partial charge on any atom is -0.291 e. The molecular weight excluding hydrogens is 268 g/mol. The van der Waals surface area contributed by atoms with Crippen molar-refractivity contribution in [3.8, 4) is 6.07 Å². The molecule has 0 amide bonds. The molecule has 0 heterocycles. The predicted octanol–water partition coefficient (Wildman–Crippen LogP) is 4.63. The Labute approximate surface area is 134 Å². The highest BCUT2D eigenvalue weighted by Crippen LogP contribution is 2.20. The van der Waals surface area contributed by atoms with Gasteiger partial charge in [-0.25, -0.2) is 0 Å². The van der Waals surface area contributed by atoms with Crippen molar-refractivity contribution in [3.63, 3.8) is 0 Å². The van der Waals surface area contributed by atoms with Crippen molar-refractivity contribution in [2.75, 3.05) is 0 Å². The maximum absolute atomic E-state index is 9.19. The average Bonchev–Trinajstić information content (AvgIpc) is 2.54. The largest absolute Gasteiger partial charge is 0.291 e. The lowest BCUT2D eigenvalue weighted by molar-refractivity contribution is 0.140. The molecule has 0 bridgehead atoms. The van der Waals surface area contributed by atoms with Crippen LogP contribution in [0.15, 0.2) is 60.7 Å². The van der Waals surface area contributed by atoms with Crippen molar-refractivity contribution in [2.45, 2.75) is 39.4 Å². The summed E-state index contributed by atoms with van der Waals surface area (Å²) in [6, 6.07) is 23.6. The van der Waals surface area contributed by atoms with E-state index < -0.39 is 0 Å². The molecular formula is C20H24N2. The maximum Gasteiger partial charge on any atom is 0.0638 e. The van der Waals surface area contributed by atoms with Gasteiger partial charge in [-0.3, -0.25) is 4.90 Å². The molecule has 114 valence electrons. The summed E-state index contributed by atoms with van der Waals surface area (Å²) in [5, 5.41) is 9.19. The first-order valence-corrected chi connectivity index (χ1v) is 7.89. The van der Waals surface area contributed by atoms with Gasteiger partial charge in [-0.15, -0.1) is 0 Å². The summed E-state index contributed by atoms with van der Waals surface area (Å²) >= 11 is 0. The summed E-state index contributed by atoms with van der Waals surface area (Å²) < 4.78 is 0. The van der Waals surface area contributed by atoms with Gasteiger partial charge in [0.05, 0.1) is 12.5 Å². The van der Waals surface area contributed by atoms with Gasteiger partial charge in [0.15, 0.2) is 0 Å². The quantitative estimate of drug-likeness (QED) is 0.744. The zero-order valence-electron chi connectivity index (χ0n) is 13.4. The zero-order chi connectivity index (χ0) is 15.8. The Kier molecular flexibility index (Phi) is 6.18. The first-order chi connectivity index (χ1) is 10.7. The number of benzene rings is 2. The summed E-state index contributed by atoms with van der Waals surface area (Å²) in [6.07, 6.45) is 0.567. The normalized spacial score (nSPS) is 12.3. The Bertz CT molecular complexity index is 543. The number of rotatable bonds is 7. The fourth-order valence-corrected chi connectivity index (χ4v) is 2.81. The molecule has 0 saturated carbocycles. The van der Waals surface area contributed by atoms with Crippen molar-refractivity contribution < 1.29 is 0 Å². The van der Waals surface area contributed by atoms with Gasteiger partial charge in [0.2, 0.25) is 0 Å². The van der Waals surface area contributed by atoms with Gasteiger partial charge in [-0.2, -0.15) is 5.26 Å². The summed E-state index contributed by atoms with van der Waals surface area (Å²) in [4.78, 5) is 2.43. The first-order valence-electron chi connectivity index (χ1n) is 7.89. The number of hydrogen-bond donors (Lipinski definition) is 0. The van der Waals surface area contributed by atoms with Crippen LogP contribution in [0.5, 0.6) is 0 Å². The zero-order valence-corrected chi connectivity index (χ0v) is 13.4. The smallest absolute Gasteiger partial charge is 0.0638 e. The summed E-state index contributed by atoms with van der Waals surface area (Å²) in [6.45, 7) is 6.15. The van der Waals surface area contributed by atoms with Crippen molar-refractivity contribution >= 4 is 0 Å². The third-order valence-electron chi connectivity index (χ3n) is 4.00. The van der Waals surface area contributed by atoms with E-state index in [9.17, 15) is 5.26 Å². The predicted molar refractivity (Wildman–Crippen MR) is 91.0 cm³/mol. The molecule has 2 aromatic carbocycles. The van der Waals surface area contributed by atoms with Gasteiger partial charge in [-0.05, 0) is 17.0 Å². The standard InChI is InChI=1S/C20H24N2/c1-17(2)20(13-14-21)22(15-18-9-5-3-6-10-18)16-19-11-7-4-8-12-19/h3-12,17,20H,13,15-16H2,1-2H3/t20-/m1/s1. The highest BCUT2D eigenvalue weighted by Gasteiger charge is 2.22. The molecule has 0 fully saturated rings. The second-order valence-electron chi connectivity index (χ2n) is 6.05. The first kappa shape index (κ1) is 16.3. The van der Waals surface area contributed by atoms with Crippen LogP contribution in [0.2, 0.25) is 0 Å². The minimum absolute atomic E-state index is 0.269. The van der Waals surface area contributed by atoms with Crippen molar-refractivity contribution in [2.24, 2.45) is 5.92 Å². The van der Waals surface area contributed by atoms with Gasteiger partial charge >= 0.3 is 0 Å². The average molecular weight is 292 g/mol. The second kappa shape index (κ2) is 8.36. The van der Waals surface area contributed by atoms with Gasteiger partial charge in [0.25, 0.3) is 0 Å². The number of nitrogens with zero attached hydrogens (tertiary/aromatic N) is 2. The minimum atomic E-state index is 0.269. The highest BCUT2D eigenvalue weighted by molar-refractivity contribution is 5.17. The summed E-state index contributed by atoms with van der Waals surface area (Å²) in [5.74, 6) is 0.451. The molecule has 0 spiro atoms. The number of nitriles is 1. The van der Waals surface area contributed by atoms with E-state index in [0.29, 0.717) is 12.3 Å². The van der Waals surface area contributed by atoms with Crippen LogP contribution in [-0.4, -0.2) is 10.9 Å². The lowest BCUT2D eigenvalue weighted by Gasteiger charge is -2.33. The van der Waals surface area contributed by atoms with Gasteiger partial charge in [0, 0.05) is 19.1 Å². The topological polar surface area (TPSA) is 27.0 Å². The molecule has 0 aliphatic rings. The van der Waals surface area contributed by atoms with Crippen LogP contribution in [0.1, 0.15) is 31.4 Å². The summed E-state index contributed by atoms with van der Waals surface area (Å²) in [7, 11) is 0.